The monoisotopic (exact) mass is 426 g/mol. The van der Waals surface area contributed by atoms with Gasteiger partial charge in [-0.05, 0) is 59.4 Å². The van der Waals surface area contributed by atoms with Crippen molar-refractivity contribution in [3.05, 3.63) is 68.8 Å². The minimum atomic E-state index is -1.35. The topological polar surface area (TPSA) is 136 Å². The molecule has 0 saturated carbocycles. The number of hydrogen-bond acceptors (Lipinski definition) is 7. The lowest BCUT2D eigenvalue weighted by atomic mass is 9.95. The molecule has 9 nitrogen and oxygen atoms in total. The Bertz CT molecular complexity index is 1030. The van der Waals surface area contributed by atoms with E-state index in [0.29, 0.717) is 37.2 Å². The molecule has 2 aromatic rings. The van der Waals surface area contributed by atoms with Crippen molar-refractivity contribution in [1.82, 2.24) is 0 Å². The fraction of sp³-hybridized carbons (Fsp3) is 0.273. The third kappa shape index (κ3) is 4.05. The number of ether oxygens (including phenoxy) is 3. The summed E-state index contributed by atoms with van der Waals surface area (Å²) in [5.41, 5.74) is 1.58. The first-order valence-corrected chi connectivity index (χ1v) is 9.55. The Labute approximate surface area is 176 Å². The fourth-order valence-corrected chi connectivity index (χ4v) is 3.73. The number of aromatic carboxylic acids is 2. The van der Waals surface area contributed by atoms with Gasteiger partial charge in [-0.25, -0.2) is 19.2 Å². The molecule has 31 heavy (non-hydrogen) atoms. The average molecular weight is 426 g/mol. The SMILES string of the molecule is O=C(O)c1cc2c(cc1C(=O)OC(=O)c1cc3c(cc1C(=O)O)COCC3)CCOC2. The molecule has 0 fully saturated rings. The number of esters is 2. The van der Waals surface area contributed by atoms with Gasteiger partial charge >= 0.3 is 23.9 Å². The summed E-state index contributed by atoms with van der Waals surface area (Å²) >= 11 is 0. The highest BCUT2D eigenvalue weighted by Gasteiger charge is 2.28. The summed E-state index contributed by atoms with van der Waals surface area (Å²) in [5.74, 6) is -5.02. The molecule has 0 atom stereocenters. The van der Waals surface area contributed by atoms with Gasteiger partial charge in [-0.2, -0.15) is 0 Å². The van der Waals surface area contributed by atoms with Gasteiger partial charge in [0.2, 0.25) is 0 Å². The predicted octanol–water partition coefficient (Wildman–Crippen LogP) is 2.23. The second-order valence-corrected chi connectivity index (χ2v) is 7.23. The molecule has 160 valence electrons. The molecule has 0 spiro atoms. The number of carboxylic acid groups (broad SMARTS) is 2. The molecule has 0 amide bonds. The lowest BCUT2D eigenvalue weighted by molar-refractivity contribution is 0.0385. The average Bonchev–Trinajstić information content (AvgIpc) is 2.77. The summed E-state index contributed by atoms with van der Waals surface area (Å²) < 4.78 is 15.5. The van der Waals surface area contributed by atoms with Gasteiger partial charge in [0, 0.05) is 0 Å². The number of hydrogen-bond donors (Lipinski definition) is 2. The molecule has 0 radical (unpaired) electrons. The van der Waals surface area contributed by atoms with Crippen LogP contribution >= 0.6 is 0 Å². The largest absolute Gasteiger partial charge is 0.478 e. The first-order valence-electron chi connectivity index (χ1n) is 9.55. The zero-order chi connectivity index (χ0) is 22.1. The third-order valence-corrected chi connectivity index (χ3v) is 5.31. The van der Waals surface area contributed by atoms with Crippen LogP contribution in [-0.2, 0) is 40.3 Å². The van der Waals surface area contributed by atoms with E-state index in [4.69, 9.17) is 14.2 Å². The number of carbonyl (C=O) groups excluding carboxylic acids is 2. The molecule has 2 aliphatic rings. The maximum Gasteiger partial charge on any atom is 0.346 e. The van der Waals surface area contributed by atoms with Gasteiger partial charge < -0.3 is 24.4 Å². The van der Waals surface area contributed by atoms with E-state index < -0.39 is 23.9 Å². The number of carbonyl (C=O) groups is 4. The first kappa shape index (κ1) is 20.7. The van der Waals surface area contributed by atoms with Crippen LogP contribution in [0.25, 0.3) is 0 Å². The summed E-state index contributed by atoms with van der Waals surface area (Å²) in [7, 11) is 0. The first-order chi connectivity index (χ1) is 14.8. The molecule has 2 aliphatic heterocycles. The maximum atomic E-state index is 12.7. The van der Waals surface area contributed by atoms with Crippen molar-refractivity contribution in [1.29, 1.82) is 0 Å². The minimum absolute atomic E-state index is 0.227. The van der Waals surface area contributed by atoms with Crippen molar-refractivity contribution in [3.63, 3.8) is 0 Å². The summed E-state index contributed by atoms with van der Waals surface area (Å²) in [6.45, 7) is 1.30. The summed E-state index contributed by atoms with van der Waals surface area (Å²) in [6.07, 6.45) is 0.971. The van der Waals surface area contributed by atoms with Crippen LogP contribution in [0.2, 0.25) is 0 Å². The number of fused-ring (bicyclic) bond motifs is 2. The van der Waals surface area contributed by atoms with Crippen LogP contribution in [0.4, 0.5) is 0 Å². The van der Waals surface area contributed by atoms with Gasteiger partial charge in [-0.15, -0.1) is 0 Å². The fourth-order valence-electron chi connectivity index (χ4n) is 3.73. The molecule has 2 aromatic carbocycles. The van der Waals surface area contributed by atoms with E-state index in [9.17, 15) is 29.4 Å². The minimum Gasteiger partial charge on any atom is -0.478 e. The van der Waals surface area contributed by atoms with E-state index in [1.54, 1.807) is 0 Å². The van der Waals surface area contributed by atoms with Crippen LogP contribution in [0.5, 0.6) is 0 Å². The van der Waals surface area contributed by atoms with Gasteiger partial charge in [0.25, 0.3) is 0 Å². The van der Waals surface area contributed by atoms with E-state index >= 15 is 0 Å². The molecule has 0 aromatic heterocycles. The Balaban J connectivity index is 1.67. The molecule has 2 heterocycles. The molecular weight excluding hydrogens is 408 g/mol. The van der Waals surface area contributed by atoms with Crippen molar-refractivity contribution < 1.29 is 43.6 Å². The predicted molar refractivity (Wildman–Crippen MR) is 103 cm³/mol. The standard InChI is InChI=1S/C22H18O9/c23-19(24)15-7-13-9-29-3-1-11(13)5-17(15)21(27)31-22(28)18-6-12-2-4-30-10-14(12)8-16(18)20(25)26/h5-8H,1-4,9-10H2,(H,23,24)(H,25,26). The van der Waals surface area contributed by atoms with Crippen molar-refractivity contribution in [2.24, 2.45) is 0 Å². The molecule has 0 saturated heterocycles. The Morgan fingerprint density at radius 2 is 1.03 bits per heavy atom. The van der Waals surface area contributed by atoms with Gasteiger partial charge in [-0.3, -0.25) is 0 Å². The zero-order valence-electron chi connectivity index (χ0n) is 16.3. The highest BCUT2D eigenvalue weighted by Crippen LogP contribution is 2.25. The Hall–Kier alpha value is -3.56. The Morgan fingerprint density at radius 3 is 1.42 bits per heavy atom. The normalized spacial score (nSPS) is 14.8. The molecule has 9 heteroatoms. The van der Waals surface area contributed by atoms with Crippen LogP contribution in [0.15, 0.2) is 24.3 Å². The molecular formula is C22H18O9. The molecule has 0 aliphatic carbocycles. The van der Waals surface area contributed by atoms with Crippen LogP contribution in [0, 0.1) is 0 Å². The Kier molecular flexibility index (Phi) is 5.53. The van der Waals surface area contributed by atoms with Crippen molar-refractivity contribution in [3.8, 4) is 0 Å². The van der Waals surface area contributed by atoms with E-state index in [-0.39, 0.29) is 35.5 Å². The van der Waals surface area contributed by atoms with Gasteiger partial charge in [-0.1, -0.05) is 0 Å². The number of carboxylic acids is 2. The van der Waals surface area contributed by atoms with Gasteiger partial charge in [0.15, 0.2) is 0 Å². The summed E-state index contributed by atoms with van der Waals surface area (Å²) in [5, 5.41) is 19.0. The van der Waals surface area contributed by atoms with Crippen LogP contribution < -0.4 is 0 Å². The lowest BCUT2D eigenvalue weighted by Gasteiger charge is -2.19. The summed E-state index contributed by atoms with van der Waals surface area (Å²) in [6, 6.07) is 5.44. The smallest absolute Gasteiger partial charge is 0.346 e. The van der Waals surface area contributed by atoms with Crippen LogP contribution in [0.3, 0.4) is 0 Å². The highest BCUT2D eigenvalue weighted by molar-refractivity contribution is 6.10. The lowest BCUT2D eigenvalue weighted by Crippen LogP contribution is -2.21. The zero-order valence-corrected chi connectivity index (χ0v) is 16.3. The number of rotatable bonds is 4. The molecule has 0 unspecified atom stereocenters. The third-order valence-electron chi connectivity index (χ3n) is 5.31. The molecule has 2 N–H and O–H groups in total. The van der Waals surface area contributed by atoms with Crippen molar-refractivity contribution >= 4 is 23.9 Å². The van der Waals surface area contributed by atoms with E-state index in [1.807, 2.05) is 0 Å². The van der Waals surface area contributed by atoms with E-state index in [1.165, 1.54) is 24.3 Å². The van der Waals surface area contributed by atoms with E-state index in [0.717, 1.165) is 11.1 Å². The maximum absolute atomic E-state index is 12.7. The summed E-state index contributed by atoms with van der Waals surface area (Å²) in [4.78, 5) is 48.7. The van der Waals surface area contributed by atoms with Gasteiger partial charge in [0.1, 0.15) is 0 Å². The number of benzene rings is 2. The molecule has 0 bridgehead atoms. The second-order valence-electron chi connectivity index (χ2n) is 7.23. The van der Waals surface area contributed by atoms with Crippen molar-refractivity contribution in [2.45, 2.75) is 26.1 Å². The van der Waals surface area contributed by atoms with Crippen molar-refractivity contribution in [2.75, 3.05) is 13.2 Å². The Morgan fingerprint density at radius 1 is 0.645 bits per heavy atom. The van der Waals surface area contributed by atoms with E-state index in [2.05, 4.69) is 0 Å². The van der Waals surface area contributed by atoms with Crippen LogP contribution in [0.1, 0.15) is 63.7 Å². The van der Waals surface area contributed by atoms with Crippen LogP contribution in [-0.4, -0.2) is 47.3 Å². The second kappa shape index (κ2) is 8.29. The quantitative estimate of drug-likeness (QED) is 0.557. The molecule has 4 rings (SSSR count). The van der Waals surface area contributed by atoms with Gasteiger partial charge in [0.05, 0.1) is 48.7 Å². The highest BCUT2D eigenvalue weighted by atomic mass is 16.6.